The van der Waals surface area contributed by atoms with Crippen molar-refractivity contribution in [1.82, 2.24) is 9.78 Å². The Morgan fingerprint density at radius 1 is 1.16 bits per heavy atom. The molecular weight excluding hydrogens is 429 g/mol. The van der Waals surface area contributed by atoms with Crippen LogP contribution in [0.5, 0.6) is 0 Å². The molecule has 1 aliphatic rings. The Balaban J connectivity index is 1.63. The van der Waals surface area contributed by atoms with Gasteiger partial charge in [-0.3, -0.25) is 4.79 Å². The van der Waals surface area contributed by atoms with E-state index in [-0.39, 0.29) is 17.9 Å². The predicted octanol–water partition coefficient (Wildman–Crippen LogP) is 6.07. The van der Waals surface area contributed by atoms with Crippen LogP contribution in [0.15, 0.2) is 48.5 Å². The number of carbonyl (C=O) groups excluding carboxylic acids is 1. The van der Waals surface area contributed by atoms with Gasteiger partial charge in [0.15, 0.2) is 11.7 Å². The van der Waals surface area contributed by atoms with Crippen molar-refractivity contribution in [2.75, 3.05) is 10.6 Å². The summed E-state index contributed by atoms with van der Waals surface area (Å²) in [6.45, 7) is 3.74. The van der Waals surface area contributed by atoms with Crippen LogP contribution in [0.4, 0.5) is 24.7 Å². The van der Waals surface area contributed by atoms with E-state index in [2.05, 4.69) is 15.7 Å². The smallest absolute Gasteiger partial charge is 0.363 e. The summed E-state index contributed by atoms with van der Waals surface area (Å²) in [6, 6.07) is 11.3. The van der Waals surface area contributed by atoms with Gasteiger partial charge in [0.05, 0.1) is 6.04 Å². The molecule has 9 heteroatoms. The van der Waals surface area contributed by atoms with Crippen molar-refractivity contribution in [3.63, 3.8) is 0 Å². The molecule has 0 saturated carbocycles. The fourth-order valence-corrected chi connectivity index (χ4v) is 3.75. The van der Waals surface area contributed by atoms with Gasteiger partial charge in [-0.1, -0.05) is 47.5 Å². The normalized spacial score (nSPS) is 18.3. The number of aromatic nitrogens is 2. The first kappa shape index (κ1) is 21.2. The molecule has 1 amide bonds. The number of carbonyl (C=O) groups is 1. The number of fused-ring (bicyclic) bond motifs is 1. The SMILES string of the molecule is Cc1ccc([C@@H]2C[C@H](C(F)(F)F)n3nc(C(=O)Nc4ccc(C)c(Cl)c4)cc3N2)cc1. The number of hydrogen-bond donors (Lipinski definition) is 2. The van der Waals surface area contributed by atoms with Gasteiger partial charge in [-0.25, -0.2) is 4.68 Å². The molecule has 0 bridgehead atoms. The maximum Gasteiger partial charge on any atom is 0.410 e. The van der Waals surface area contributed by atoms with Gasteiger partial charge >= 0.3 is 6.18 Å². The first-order chi connectivity index (χ1) is 14.6. The molecule has 162 valence electrons. The Morgan fingerprint density at radius 3 is 2.52 bits per heavy atom. The summed E-state index contributed by atoms with van der Waals surface area (Å²) in [5.41, 5.74) is 2.93. The highest BCUT2D eigenvalue weighted by Crippen LogP contribution is 2.43. The summed E-state index contributed by atoms with van der Waals surface area (Å²) in [6.07, 6.45) is -4.74. The van der Waals surface area contributed by atoms with Gasteiger partial charge in [-0.15, -0.1) is 0 Å². The van der Waals surface area contributed by atoms with Gasteiger partial charge in [0, 0.05) is 23.2 Å². The average molecular weight is 449 g/mol. The number of amides is 1. The lowest BCUT2D eigenvalue weighted by Gasteiger charge is -2.33. The number of halogens is 4. The highest BCUT2D eigenvalue weighted by atomic mass is 35.5. The third-order valence-electron chi connectivity index (χ3n) is 5.33. The number of benzene rings is 2. The van der Waals surface area contributed by atoms with E-state index >= 15 is 0 Å². The Labute approximate surface area is 182 Å². The zero-order valence-corrected chi connectivity index (χ0v) is 17.6. The van der Waals surface area contributed by atoms with E-state index < -0.39 is 24.2 Å². The number of alkyl halides is 3. The minimum Gasteiger partial charge on any atom is -0.363 e. The number of aryl methyl sites for hydroxylation is 2. The molecule has 4 rings (SSSR count). The fraction of sp³-hybridized carbons (Fsp3) is 0.273. The molecule has 0 fully saturated rings. The zero-order valence-electron chi connectivity index (χ0n) is 16.8. The van der Waals surface area contributed by atoms with Gasteiger partial charge in [0.2, 0.25) is 0 Å². The topological polar surface area (TPSA) is 59.0 Å². The maximum atomic E-state index is 13.8. The van der Waals surface area contributed by atoms with E-state index in [0.29, 0.717) is 10.7 Å². The summed E-state index contributed by atoms with van der Waals surface area (Å²) in [4.78, 5) is 12.6. The monoisotopic (exact) mass is 448 g/mol. The molecular formula is C22H20ClF3N4O. The maximum absolute atomic E-state index is 13.8. The molecule has 0 spiro atoms. The average Bonchev–Trinajstić information content (AvgIpc) is 3.14. The van der Waals surface area contributed by atoms with Gasteiger partial charge in [0.1, 0.15) is 5.82 Å². The van der Waals surface area contributed by atoms with E-state index in [1.165, 1.54) is 6.07 Å². The summed E-state index contributed by atoms with van der Waals surface area (Å²) in [5.74, 6) is -0.470. The van der Waals surface area contributed by atoms with Crippen molar-refractivity contribution < 1.29 is 18.0 Å². The molecule has 2 aromatic carbocycles. The first-order valence-electron chi connectivity index (χ1n) is 9.68. The molecule has 2 heterocycles. The quantitative estimate of drug-likeness (QED) is 0.511. The van der Waals surface area contributed by atoms with E-state index in [1.54, 1.807) is 30.3 Å². The van der Waals surface area contributed by atoms with Crippen LogP contribution in [0.2, 0.25) is 5.02 Å². The van der Waals surface area contributed by atoms with Gasteiger partial charge in [-0.05, 0) is 37.1 Å². The van der Waals surface area contributed by atoms with Crippen LogP contribution in [0, 0.1) is 13.8 Å². The minimum absolute atomic E-state index is 0.113. The van der Waals surface area contributed by atoms with Crippen molar-refractivity contribution in [3.8, 4) is 0 Å². The number of anilines is 2. The van der Waals surface area contributed by atoms with Gasteiger partial charge < -0.3 is 10.6 Å². The second kappa shape index (κ2) is 7.92. The standard InChI is InChI=1S/C22H20ClF3N4O/c1-12-3-6-14(7-4-12)17-10-19(22(24,25)26)30-20(28-17)11-18(29-30)21(31)27-15-8-5-13(2)16(23)9-15/h3-9,11,17,19,28H,10H2,1-2H3,(H,27,31)/t17-,19+/m0/s1. The van der Waals surface area contributed by atoms with Crippen LogP contribution in [0.3, 0.4) is 0 Å². The molecule has 1 aliphatic heterocycles. The fourth-order valence-electron chi connectivity index (χ4n) is 3.57. The Morgan fingerprint density at radius 2 is 1.87 bits per heavy atom. The minimum atomic E-state index is -4.51. The van der Waals surface area contributed by atoms with Crippen molar-refractivity contribution in [3.05, 3.63) is 75.9 Å². The lowest BCUT2D eigenvalue weighted by molar-refractivity contribution is -0.173. The van der Waals surface area contributed by atoms with Crippen LogP contribution < -0.4 is 10.6 Å². The highest BCUT2D eigenvalue weighted by molar-refractivity contribution is 6.31. The molecule has 31 heavy (non-hydrogen) atoms. The van der Waals surface area contributed by atoms with E-state index in [0.717, 1.165) is 21.4 Å². The second-order valence-electron chi connectivity index (χ2n) is 7.68. The van der Waals surface area contributed by atoms with Crippen LogP contribution in [-0.4, -0.2) is 21.9 Å². The summed E-state index contributed by atoms with van der Waals surface area (Å²) in [5, 5.41) is 10.2. The predicted molar refractivity (Wildman–Crippen MR) is 114 cm³/mol. The van der Waals surface area contributed by atoms with Crippen LogP contribution in [0.1, 0.15) is 45.7 Å². The summed E-state index contributed by atoms with van der Waals surface area (Å²) in [7, 11) is 0. The first-order valence-corrected chi connectivity index (χ1v) is 10.1. The molecule has 0 radical (unpaired) electrons. The molecule has 0 aliphatic carbocycles. The van der Waals surface area contributed by atoms with E-state index in [1.807, 2.05) is 26.0 Å². The Bertz CT molecular complexity index is 1120. The number of nitrogens with zero attached hydrogens (tertiary/aromatic N) is 2. The lowest BCUT2D eigenvalue weighted by Crippen LogP contribution is -2.35. The van der Waals surface area contributed by atoms with Gasteiger partial charge in [0.25, 0.3) is 5.91 Å². The summed E-state index contributed by atoms with van der Waals surface area (Å²) < 4.78 is 42.3. The Kier molecular flexibility index (Phi) is 5.43. The Hall–Kier alpha value is -3.00. The zero-order chi connectivity index (χ0) is 22.3. The van der Waals surface area contributed by atoms with Crippen LogP contribution in [-0.2, 0) is 0 Å². The molecule has 2 atom stereocenters. The third-order valence-corrected chi connectivity index (χ3v) is 5.74. The van der Waals surface area contributed by atoms with Crippen molar-refractivity contribution >= 4 is 29.0 Å². The number of hydrogen-bond acceptors (Lipinski definition) is 3. The molecule has 2 N–H and O–H groups in total. The molecule has 1 aromatic heterocycles. The van der Waals surface area contributed by atoms with E-state index in [9.17, 15) is 18.0 Å². The van der Waals surface area contributed by atoms with Crippen LogP contribution >= 0.6 is 11.6 Å². The third kappa shape index (κ3) is 4.39. The summed E-state index contributed by atoms with van der Waals surface area (Å²) >= 11 is 6.07. The lowest BCUT2D eigenvalue weighted by atomic mass is 9.96. The van der Waals surface area contributed by atoms with Crippen molar-refractivity contribution in [2.45, 2.75) is 38.5 Å². The van der Waals surface area contributed by atoms with Crippen molar-refractivity contribution in [1.29, 1.82) is 0 Å². The highest BCUT2D eigenvalue weighted by Gasteiger charge is 2.46. The molecule has 0 unspecified atom stereocenters. The number of rotatable bonds is 3. The van der Waals surface area contributed by atoms with Crippen LogP contribution in [0.25, 0.3) is 0 Å². The molecule has 0 saturated heterocycles. The van der Waals surface area contributed by atoms with Crippen molar-refractivity contribution in [2.24, 2.45) is 0 Å². The molecule has 3 aromatic rings. The largest absolute Gasteiger partial charge is 0.410 e. The van der Waals surface area contributed by atoms with E-state index in [4.69, 9.17) is 11.6 Å². The van der Waals surface area contributed by atoms with Gasteiger partial charge in [-0.2, -0.15) is 18.3 Å². The second-order valence-corrected chi connectivity index (χ2v) is 8.09. The molecule has 5 nitrogen and oxygen atoms in total. The number of nitrogens with one attached hydrogen (secondary N) is 2.